The monoisotopic (exact) mass is 297 g/mol. The summed E-state index contributed by atoms with van der Waals surface area (Å²) in [7, 11) is 0. The fourth-order valence-corrected chi connectivity index (χ4v) is 1.93. The molecule has 0 bridgehead atoms. The highest BCUT2D eigenvalue weighted by atomic mass is 35.5. The number of hydrogen-bond donors (Lipinski definition) is 3. The van der Waals surface area contributed by atoms with Gasteiger partial charge in [-0.15, -0.1) is 0 Å². The molecule has 0 radical (unpaired) electrons. The number of nitrogens with one attached hydrogen (secondary N) is 1. The third-order valence-electron chi connectivity index (χ3n) is 2.29. The summed E-state index contributed by atoms with van der Waals surface area (Å²) in [6.45, 7) is 1.80. The second-order valence-corrected chi connectivity index (χ2v) is 5.27. The highest BCUT2D eigenvalue weighted by Gasteiger charge is 2.18. The predicted molar refractivity (Wildman–Crippen MR) is 70.9 cm³/mol. The number of halogens is 3. The Bertz CT molecular complexity index is 397. The van der Waals surface area contributed by atoms with Gasteiger partial charge in [-0.05, 0) is 19.1 Å². The lowest BCUT2D eigenvalue weighted by Crippen LogP contribution is -2.40. The van der Waals surface area contributed by atoms with Crippen molar-refractivity contribution in [2.75, 3.05) is 13.2 Å². The molecule has 1 unspecified atom stereocenters. The van der Waals surface area contributed by atoms with Crippen molar-refractivity contribution in [3.63, 3.8) is 0 Å². The second kappa shape index (κ2) is 6.23. The Kier molecular flexibility index (Phi) is 5.51. The van der Waals surface area contributed by atoms with Crippen molar-refractivity contribution >= 4 is 34.8 Å². The van der Waals surface area contributed by atoms with E-state index in [0.717, 1.165) is 0 Å². The minimum absolute atomic E-state index is 0.225. The SMILES string of the molecule is CC(O)(CO)CNCc1c(Cl)ccc(Cl)c1Cl. The van der Waals surface area contributed by atoms with Crippen LogP contribution in [-0.4, -0.2) is 29.0 Å². The van der Waals surface area contributed by atoms with Gasteiger partial charge < -0.3 is 15.5 Å². The molecule has 0 aromatic heterocycles. The maximum atomic E-state index is 9.59. The lowest BCUT2D eigenvalue weighted by atomic mass is 10.1. The lowest BCUT2D eigenvalue weighted by molar-refractivity contribution is 0.00254. The van der Waals surface area contributed by atoms with Crippen molar-refractivity contribution in [1.29, 1.82) is 0 Å². The van der Waals surface area contributed by atoms with Crippen LogP contribution in [0.1, 0.15) is 12.5 Å². The van der Waals surface area contributed by atoms with Gasteiger partial charge in [0, 0.05) is 23.7 Å². The first-order chi connectivity index (χ1) is 7.87. The fraction of sp³-hybridized carbons (Fsp3) is 0.455. The van der Waals surface area contributed by atoms with Crippen molar-refractivity contribution < 1.29 is 10.2 Å². The summed E-state index contributed by atoms with van der Waals surface area (Å²) in [5.74, 6) is 0. The first kappa shape index (κ1) is 15.0. The van der Waals surface area contributed by atoms with Crippen molar-refractivity contribution in [3.05, 3.63) is 32.8 Å². The van der Waals surface area contributed by atoms with Crippen LogP contribution in [0.15, 0.2) is 12.1 Å². The molecule has 0 aliphatic carbocycles. The summed E-state index contributed by atoms with van der Waals surface area (Å²) in [5, 5.41) is 22.8. The molecule has 1 atom stereocenters. The average Bonchev–Trinajstić information content (AvgIpc) is 2.28. The molecule has 1 aromatic rings. The van der Waals surface area contributed by atoms with Crippen molar-refractivity contribution in [2.24, 2.45) is 0 Å². The molecule has 1 aromatic carbocycles. The van der Waals surface area contributed by atoms with E-state index in [4.69, 9.17) is 39.9 Å². The van der Waals surface area contributed by atoms with E-state index in [0.29, 0.717) is 27.2 Å². The fourth-order valence-electron chi connectivity index (χ4n) is 1.24. The second-order valence-electron chi connectivity index (χ2n) is 4.08. The van der Waals surface area contributed by atoms with Crippen LogP contribution in [0.2, 0.25) is 15.1 Å². The minimum atomic E-state index is -1.17. The molecule has 0 amide bonds. The quantitative estimate of drug-likeness (QED) is 0.732. The molecular formula is C11H14Cl3NO2. The summed E-state index contributed by atoms with van der Waals surface area (Å²) < 4.78 is 0. The average molecular weight is 299 g/mol. The lowest BCUT2D eigenvalue weighted by Gasteiger charge is -2.21. The Morgan fingerprint density at radius 3 is 2.41 bits per heavy atom. The molecule has 1 rings (SSSR count). The molecule has 0 aliphatic heterocycles. The van der Waals surface area contributed by atoms with Gasteiger partial charge in [0.05, 0.1) is 22.3 Å². The molecule has 0 fully saturated rings. The largest absolute Gasteiger partial charge is 0.393 e. The van der Waals surface area contributed by atoms with Gasteiger partial charge in [0.2, 0.25) is 0 Å². The minimum Gasteiger partial charge on any atom is -0.393 e. The summed E-state index contributed by atoms with van der Waals surface area (Å²) in [6.07, 6.45) is 0. The zero-order chi connectivity index (χ0) is 13.1. The molecular weight excluding hydrogens is 284 g/mol. The van der Waals surface area contributed by atoms with Crippen LogP contribution in [0.4, 0.5) is 0 Å². The van der Waals surface area contributed by atoms with E-state index in [1.165, 1.54) is 6.92 Å². The first-order valence-corrected chi connectivity index (χ1v) is 6.17. The van der Waals surface area contributed by atoms with Gasteiger partial charge in [-0.2, -0.15) is 0 Å². The molecule has 3 N–H and O–H groups in total. The smallest absolute Gasteiger partial charge is 0.0972 e. The molecule has 0 heterocycles. The molecule has 6 heteroatoms. The van der Waals surface area contributed by atoms with E-state index < -0.39 is 5.60 Å². The highest BCUT2D eigenvalue weighted by Crippen LogP contribution is 2.31. The number of benzene rings is 1. The van der Waals surface area contributed by atoms with Crippen LogP contribution in [0.5, 0.6) is 0 Å². The number of aliphatic hydroxyl groups excluding tert-OH is 1. The van der Waals surface area contributed by atoms with Crippen LogP contribution >= 0.6 is 34.8 Å². The summed E-state index contributed by atoms with van der Waals surface area (Å²) in [5.41, 5.74) is -0.494. The Hall–Kier alpha value is -0.0300. The molecule has 17 heavy (non-hydrogen) atoms. The first-order valence-electron chi connectivity index (χ1n) is 5.04. The van der Waals surface area contributed by atoms with Crippen LogP contribution in [0.25, 0.3) is 0 Å². The van der Waals surface area contributed by atoms with Crippen molar-refractivity contribution in [3.8, 4) is 0 Å². The molecule has 0 spiro atoms. The van der Waals surface area contributed by atoms with Gasteiger partial charge in [-0.1, -0.05) is 34.8 Å². The number of hydrogen-bond acceptors (Lipinski definition) is 3. The van der Waals surface area contributed by atoms with Crippen LogP contribution in [0.3, 0.4) is 0 Å². The third kappa shape index (κ3) is 4.28. The zero-order valence-electron chi connectivity index (χ0n) is 9.30. The van der Waals surface area contributed by atoms with Gasteiger partial charge in [0.15, 0.2) is 0 Å². The molecule has 96 valence electrons. The van der Waals surface area contributed by atoms with Gasteiger partial charge >= 0.3 is 0 Å². The summed E-state index contributed by atoms with van der Waals surface area (Å²) in [4.78, 5) is 0. The molecule has 0 aliphatic rings. The van der Waals surface area contributed by atoms with E-state index in [1.807, 2.05) is 0 Å². The van der Waals surface area contributed by atoms with Crippen LogP contribution < -0.4 is 5.32 Å². The topological polar surface area (TPSA) is 52.5 Å². The van der Waals surface area contributed by atoms with Gasteiger partial charge in [0.1, 0.15) is 0 Å². The predicted octanol–water partition coefficient (Wildman–Crippen LogP) is 2.48. The van der Waals surface area contributed by atoms with Crippen molar-refractivity contribution in [1.82, 2.24) is 5.32 Å². The van der Waals surface area contributed by atoms with Crippen LogP contribution in [-0.2, 0) is 6.54 Å². The molecule has 0 saturated carbocycles. The maximum Gasteiger partial charge on any atom is 0.0972 e. The summed E-state index contributed by atoms with van der Waals surface area (Å²) >= 11 is 17.9. The summed E-state index contributed by atoms with van der Waals surface area (Å²) in [6, 6.07) is 3.29. The maximum absolute atomic E-state index is 9.59. The zero-order valence-corrected chi connectivity index (χ0v) is 11.6. The van der Waals surface area contributed by atoms with E-state index in [2.05, 4.69) is 5.32 Å². The van der Waals surface area contributed by atoms with E-state index in [1.54, 1.807) is 12.1 Å². The molecule has 3 nitrogen and oxygen atoms in total. The van der Waals surface area contributed by atoms with Crippen LogP contribution in [0, 0.1) is 0 Å². The van der Waals surface area contributed by atoms with E-state index in [-0.39, 0.29) is 13.2 Å². The Morgan fingerprint density at radius 2 is 1.82 bits per heavy atom. The number of rotatable bonds is 5. The Balaban J connectivity index is 2.67. The van der Waals surface area contributed by atoms with Crippen molar-refractivity contribution in [2.45, 2.75) is 19.1 Å². The Morgan fingerprint density at radius 1 is 1.24 bits per heavy atom. The standard InChI is InChI=1S/C11H14Cl3NO2/c1-11(17,6-16)5-15-4-7-8(12)2-3-9(13)10(7)14/h2-3,15-17H,4-6H2,1H3. The normalized spacial score (nSPS) is 14.7. The van der Waals surface area contributed by atoms with E-state index >= 15 is 0 Å². The van der Waals surface area contributed by atoms with E-state index in [9.17, 15) is 5.11 Å². The van der Waals surface area contributed by atoms with Gasteiger partial charge in [0.25, 0.3) is 0 Å². The number of aliphatic hydroxyl groups is 2. The van der Waals surface area contributed by atoms with Gasteiger partial charge in [-0.3, -0.25) is 0 Å². The third-order valence-corrected chi connectivity index (χ3v) is 3.48. The molecule has 0 saturated heterocycles. The highest BCUT2D eigenvalue weighted by molar-refractivity contribution is 6.44. The van der Waals surface area contributed by atoms with Gasteiger partial charge in [-0.25, -0.2) is 0 Å². The Labute approximate surface area is 115 Å².